The van der Waals surface area contributed by atoms with Crippen molar-refractivity contribution < 1.29 is 9.84 Å². The molecule has 1 aliphatic rings. The van der Waals surface area contributed by atoms with Gasteiger partial charge in [0.15, 0.2) is 0 Å². The second kappa shape index (κ2) is 5.98. The summed E-state index contributed by atoms with van der Waals surface area (Å²) in [4.78, 5) is 6.31. The lowest BCUT2D eigenvalue weighted by Crippen LogP contribution is -2.25. The van der Waals surface area contributed by atoms with Crippen LogP contribution in [-0.4, -0.2) is 36.9 Å². The van der Waals surface area contributed by atoms with Crippen LogP contribution in [0.15, 0.2) is 18.3 Å². The van der Waals surface area contributed by atoms with Gasteiger partial charge in [0.1, 0.15) is 5.82 Å². The zero-order chi connectivity index (χ0) is 12.1. The Balaban J connectivity index is 1.78. The minimum Gasteiger partial charge on any atom is -0.392 e. The number of hydrogen-bond acceptors (Lipinski definition) is 4. The average molecular weight is 236 g/mol. The molecular formula is C13H20N2O2. The molecule has 1 N–H and O–H groups in total. The summed E-state index contributed by atoms with van der Waals surface area (Å²) in [6.07, 6.45) is 4.39. The van der Waals surface area contributed by atoms with Crippen molar-refractivity contribution in [3.8, 4) is 0 Å². The van der Waals surface area contributed by atoms with Crippen molar-refractivity contribution >= 4 is 5.82 Å². The molecular weight excluding hydrogens is 216 g/mol. The van der Waals surface area contributed by atoms with Crippen LogP contribution in [0.5, 0.6) is 0 Å². The number of likely N-dealkylation sites (N-methyl/N-ethyl adjacent to an activating group) is 1. The fourth-order valence-electron chi connectivity index (χ4n) is 1.74. The van der Waals surface area contributed by atoms with Gasteiger partial charge in [0, 0.05) is 32.0 Å². The summed E-state index contributed by atoms with van der Waals surface area (Å²) in [5, 5.41) is 9.22. The van der Waals surface area contributed by atoms with E-state index in [0.29, 0.717) is 6.61 Å². The molecule has 1 aromatic heterocycles. The topological polar surface area (TPSA) is 45.6 Å². The molecule has 0 unspecified atom stereocenters. The molecule has 17 heavy (non-hydrogen) atoms. The molecule has 0 atom stereocenters. The Morgan fingerprint density at radius 2 is 2.35 bits per heavy atom. The van der Waals surface area contributed by atoms with Crippen LogP contribution in [-0.2, 0) is 11.3 Å². The van der Waals surface area contributed by atoms with Crippen LogP contribution in [0.4, 0.5) is 5.82 Å². The maximum absolute atomic E-state index is 9.22. The second-order valence-electron chi connectivity index (χ2n) is 4.58. The van der Waals surface area contributed by atoms with Crippen LogP contribution in [0.3, 0.4) is 0 Å². The molecule has 0 amide bonds. The first-order valence-corrected chi connectivity index (χ1v) is 6.15. The number of rotatable bonds is 7. The number of aliphatic hydroxyl groups is 1. The Bertz CT molecular complexity index is 353. The predicted octanol–water partition coefficient (Wildman–Crippen LogP) is 1.44. The van der Waals surface area contributed by atoms with E-state index in [1.165, 1.54) is 12.8 Å². The van der Waals surface area contributed by atoms with E-state index in [0.717, 1.165) is 30.5 Å². The molecule has 94 valence electrons. The van der Waals surface area contributed by atoms with E-state index in [2.05, 4.69) is 4.98 Å². The van der Waals surface area contributed by atoms with Crippen molar-refractivity contribution in [3.05, 3.63) is 23.9 Å². The highest BCUT2D eigenvalue weighted by Crippen LogP contribution is 2.28. The first-order valence-electron chi connectivity index (χ1n) is 6.15. The van der Waals surface area contributed by atoms with Gasteiger partial charge in [-0.05, 0) is 24.8 Å². The lowest BCUT2D eigenvalue weighted by atomic mass is 10.2. The molecule has 0 aromatic carbocycles. The van der Waals surface area contributed by atoms with Gasteiger partial charge >= 0.3 is 0 Å². The van der Waals surface area contributed by atoms with Gasteiger partial charge in [-0.1, -0.05) is 6.07 Å². The van der Waals surface area contributed by atoms with Crippen LogP contribution < -0.4 is 4.90 Å². The number of aliphatic hydroxyl groups excluding tert-OH is 1. The van der Waals surface area contributed by atoms with Gasteiger partial charge in [0.05, 0.1) is 13.2 Å². The van der Waals surface area contributed by atoms with Gasteiger partial charge in [-0.15, -0.1) is 0 Å². The van der Waals surface area contributed by atoms with Gasteiger partial charge in [0.2, 0.25) is 0 Å². The van der Waals surface area contributed by atoms with Crippen LogP contribution in [0.2, 0.25) is 0 Å². The van der Waals surface area contributed by atoms with Crippen LogP contribution >= 0.6 is 0 Å². The third kappa shape index (κ3) is 3.68. The van der Waals surface area contributed by atoms with Crippen LogP contribution in [0.25, 0.3) is 0 Å². The molecule has 0 spiro atoms. The highest BCUT2D eigenvalue weighted by Gasteiger charge is 2.21. The van der Waals surface area contributed by atoms with E-state index in [9.17, 15) is 5.11 Å². The van der Waals surface area contributed by atoms with E-state index < -0.39 is 0 Å². The molecule has 0 radical (unpaired) electrons. The molecule has 0 aliphatic heterocycles. The summed E-state index contributed by atoms with van der Waals surface area (Å²) in [6.45, 7) is 2.44. The Labute approximate surface area is 102 Å². The van der Waals surface area contributed by atoms with Gasteiger partial charge in [-0.25, -0.2) is 4.98 Å². The van der Waals surface area contributed by atoms with Crippen molar-refractivity contribution in [2.45, 2.75) is 19.4 Å². The number of pyridine rings is 1. The zero-order valence-corrected chi connectivity index (χ0v) is 10.3. The fraction of sp³-hybridized carbons (Fsp3) is 0.615. The fourth-order valence-corrected chi connectivity index (χ4v) is 1.74. The lowest BCUT2D eigenvalue weighted by Gasteiger charge is -2.20. The summed E-state index contributed by atoms with van der Waals surface area (Å²) in [7, 11) is 1.97. The summed E-state index contributed by atoms with van der Waals surface area (Å²) >= 11 is 0. The van der Waals surface area contributed by atoms with E-state index in [-0.39, 0.29) is 6.61 Å². The molecule has 1 heterocycles. The molecule has 1 saturated carbocycles. The van der Waals surface area contributed by atoms with E-state index >= 15 is 0 Å². The summed E-state index contributed by atoms with van der Waals surface area (Å²) in [5.74, 6) is 1.65. The molecule has 0 bridgehead atoms. The minimum atomic E-state index is 0.0243. The molecule has 4 heteroatoms. The second-order valence-corrected chi connectivity index (χ2v) is 4.58. The van der Waals surface area contributed by atoms with E-state index in [4.69, 9.17) is 4.74 Å². The first-order chi connectivity index (χ1) is 8.31. The van der Waals surface area contributed by atoms with Crippen LogP contribution in [0.1, 0.15) is 18.4 Å². The number of hydrogen-bond donors (Lipinski definition) is 1. The van der Waals surface area contributed by atoms with Crippen molar-refractivity contribution in [2.75, 3.05) is 31.7 Å². The van der Waals surface area contributed by atoms with E-state index in [1.54, 1.807) is 6.20 Å². The van der Waals surface area contributed by atoms with Crippen molar-refractivity contribution in [1.82, 2.24) is 4.98 Å². The highest BCUT2D eigenvalue weighted by atomic mass is 16.5. The maximum Gasteiger partial charge on any atom is 0.133 e. The van der Waals surface area contributed by atoms with Crippen LogP contribution in [0, 0.1) is 5.92 Å². The Hall–Kier alpha value is -1.13. The van der Waals surface area contributed by atoms with Gasteiger partial charge < -0.3 is 14.7 Å². The number of aromatic nitrogens is 1. The lowest BCUT2D eigenvalue weighted by molar-refractivity contribution is 0.130. The summed E-state index contributed by atoms with van der Waals surface area (Å²) < 4.78 is 5.59. The standard InChI is InChI=1S/C13H20N2O2/c1-15(7-8-17-10-11-4-5-11)13-12(9-16)3-2-6-14-13/h2-3,6,11,16H,4-5,7-10H2,1H3. The molecule has 0 saturated heterocycles. The molecule has 1 aromatic rings. The zero-order valence-electron chi connectivity index (χ0n) is 10.3. The highest BCUT2D eigenvalue weighted by molar-refractivity contribution is 5.45. The Kier molecular flexibility index (Phi) is 4.34. The van der Waals surface area contributed by atoms with Crippen molar-refractivity contribution in [2.24, 2.45) is 5.92 Å². The average Bonchev–Trinajstić information content (AvgIpc) is 3.18. The number of nitrogens with zero attached hydrogens (tertiary/aromatic N) is 2. The molecule has 4 nitrogen and oxygen atoms in total. The minimum absolute atomic E-state index is 0.0243. The van der Waals surface area contributed by atoms with Crippen molar-refractivity contribution in [1.29, 1.82) is 0 Å². The smallest absolute Gasteiger partial charge is 0.133 e. The largest absolute Gasteiger partial charge is 0.392 e. The van der Waals surface area contributed by atoms with Gasteiger partial charge in [0.25, 0.3) is 0 Å². The van der Waals surface area contributed by atoms with Crippen molar-refractivity contribution in [3.63, 3.8) is 0 Å². The Morgan fingerprint density at radius 3 is 3.06 bits per heavy atom. The SMILES string of the molecule is CN(CCOCC1CC1)c1ncccc1CO. The maximum atomic E-state index is 9.22. The van der Waals surface area contributed by atoms with Gasteiger partial charge in [-0.2, -0.15) is 0 Å². The predicted molar refractivity (Wildman–Crippen MR) is 67.0 cm³/mol. The van der Waals surface area contributed by atoms with E-state index in [1.807, 2.05) is 24.1 Å². The number of anilines is 1. The quantitative estimate of drug-likeness (QED) is 0.728. The third-order valence-electron chi connectivity index (χ3n) is 3.02. The Morgan fingerprint density at radius 1 is 1.53 bits per heavy atom. The third-order valence-corrected chi connectivity index (χ3v) is 3.02. The number of ether oxygens (including phenoxy) is 1. The first kappa shape index (κ1) is 12.3. The molecule has 1 fully saturated rings. The summed E-state index contributed by atoms with van der Waals surface area (Å²) in [6, 6.07) is 3.73. The molecule has 1 aliphatic carbocycles. The molecule has 2 rings (SSSR count). The van der Waals surface area contributed by atoms with Gasteiger partial charge in [-0.3, -0.25) is 0 Å². The summed E-state index contributed by atoms with van der Waals surface area (Å²) in [5.41, 5.74) is 0.859. The normalized spacial score (nSPS) is 14.9. The monoisotopic (exact) mass is 236 g/mol.